The summed E-state index contributed by atoms with van der Waals surface area (Å²) in [6.07, 6.45) is 7.99. The van der Waals surface area contributed by atoms with Gasteiger partial charge in [0.15, 0.2) is 11.5 Å². The SMILES string of the molecule is O=C(CC1CCC(CCN2CCN(c3cccc4c3OCO4)CC2)CC1)N1CCc2ccccc21. The molecular formula is C29H37N3O3. The van der Waals surface area contributed by atoms with E-state index in [1.54, 1.807) is 0 Å². The Balaban J connectivity index is 0.916. The molecule has 0 atom stereocenters. The van der Waals surface area contributed by atoms with Gasteiger partial charge in [-0.25, -0.2) is 0 Å². The Morgan fingerprint density at radius 1 is 0.829 bits per heavy atom. The number of hydrogen-bond acceptors (Lipinski definition) is 5. The van der Waals surface area contributed by atoms with E-state index in [9.17, 15) is 4.79 Å². The quantitative estimate of drug-likeness (QED) is 0.605. The Bertz CT molecular complexity index is 1040. The van der Waals surface area contributed by atoms with Gasteiger partial charge in [-0.05, 0) is 67.8 Å². The number of piperazine rings is 1. The number of carbonyl (C=O) groups is 1. The Morgan fingerprint density at radius 3 is 2.46 bits per heavy atom. The normalized spacial score (nSPS) is 24.0. The van der Waals surface area contributed by atoms with Gasteiger partial charge in [0.2, 0.25) is 12.7 Å². The second-order valence-corrected chi connectivity index (χ2v) is 10.6. The number of benzene rings is 2. The van der Waals surface area contributed by atoms with Crippen molar-refractivity contribution in [3.05, 3.63) is 48.0 Å². The highest BCUT2D eigenvalue weighted by Crippen LogP contribution is 2.41. The average Bonchev–Trinajstić information content (AvgIpc) is 3.56. The van der Waals surface area contributed by atoms with Crippen LogP contribution >= 0.6 is 0 Å². The Labute approximate surface area is 208 Å². The van der Waals surface area contributed by atoms with Crippen LogP contribution in [0, 0.1) is 11.8 Å². The van der Waals surface area contributed by atoms with E-state index in [-0.39, 0.29) is 0 Å². The molecule has 0 aromatic heterocycles. The summed E-state index contributed by atoms with van der Waals surface area (Å²) >= 11 is 0. The van der Waals surface area contributed by atoms with Crippen LogP contribution in [0.15, 0.2) is 42.5 Å². The fourth-order valence-corrected chi connectivity index (χ4v) is 6.42. The molecule has 4 aliphatic rings. The Kier molecular flexibility index (Phi) is 6.55. The number of anilines is 2. The minimum atomic E-state index is 0.328. The van der Waals surface area contributed by atoms with E-state index in [0.717, 1.165) is 68.7 Å². The molecule has 186 valence electrons. The summed E-state index contributed by atoms with van der Waals surface area (Å²) in [5.74, 6) is 3.48. The van der Waals surface area contributed by atoms with Gasteiger partial charge in [-0.3, -0.25) is 9.69 Å². The molecule has 3 heterocycles. The summed E-state index contributed by atoms with van der Waals surface area (Å²) in [4.78, 5) is 20.1. The first-order valence-corrected chi connectivity index (χ1v) is 13.5. The molecule has 1 saturated carbocycles. The fraction of sp³-hybridized carbons (Fsp3) is 0.552. The molecule has 2 aromatic rings. The average molecular weight is 476 g/mol. The lowest BCUT2D eigenvalue weighted by molar-refractivity contribution is -0.119. The maximum Gasteiger partial charge on any atom is 0.231 e. The number of nitrogens with zero attached hydrogens (tertiary/aromatic N) is 3. The van der Waals surface area contributed by atoms with Crippen molar-refractivity contribution < 1.29 is 14.3 Å². The van der Waals surface area contributed by atoms with Crippen molar-refractivity contribution in [3.8, 4) is 11.5 Å². The van der Waals surface area contributed by atoms with E-state index in [2.05, 4.69) is 40.1 Å². The number of rotatable bonds is 6. The van der Waals surface area contributed by atoms with Gasteiger partial charge >= 0.3 is 0 Å². The van der Waals surface area contributed by atoms with Crippen LogP contribution in [0.4, 0.5) is 11.4 Å². The van der Waals surface area contributed by atoms with Gasteiger partial charge in [-0.15, -0.1) is 0 Å². The van der Waals surface area contributed by atoms with Crippen LogP contribution in [-0.4, -0.2) is 56.9 Å². The van der Waals surface area contributed by atoms with Crippen LogP contribution in [-0.2, 0) is 11.2 Å². The van der Waals surface area contributed by atoms with Crippen LogP contribution in [0.3, 0.4) is 0 Å². The fourth-order valence-electron chi connectivity index (χ4n) is 6.42. The number of para-hydroxylation sites is 2. The van der Waals surface area contributed by atoms with Gasteiger partial charge in [-0.1, -0.05) is 37.1 Å². The molecule has 2 aromatic carbocycles. The molecule has 2 fully saturated rings. The van der Waals surface area contributed by atoms with E-state index >= 15 is 0 Å². The highest BCUT2D eigenvalue weighted by Gasteiger charge is 2.29. The third-order valence-corrected chi connectivity index (χ3v) is 8.56. The predicted octanol–water partition coefficient (Wildman–Crippen LogP) is 4.71. The maximum absolute atomic E-state index is 13.0. The second-order valence-electron chi connectivity index (χ2n) is 10.6. The largest absolute Gasteiger partial charge is 0.454 e. The molecule has 0 unspecified atom stereocenters. The zero-order valence-corrected chi connectivity index (χ0v) is 20.7. The van der Waals surface area contributed by atoms with Gasteiger partial charge in [0, 0.05) is 44.8 Å². The van der Waals surface area contributed by atoms with Crippen LogP contribution in [0.25, 0.3) is 0 Å². The van der Waals surface area contributed by atoms with Crippen LogP contribution in [0.2, 0.25) is 0 Å². The molecule has 0 radical (unpaired) electrons. The number of amides is 1. The first-order chi connectivity index (χ1) is 17.2. The smallest absolute Gasteiger partial charge is 0.231 e. The lowest BCUT2D eigenvalue weighted by Gasteiger charge is -2.37. The first-order valence-electron chi connectivity index (χ1n) is 13.5. The van der Waals surface area contributed by atoms with E-state index in [1.165, 1.54) is 49.9 Å². The minimum absolute atomic E-state index is 0.328. The molecule has 1 saturated heterocycles. The van der Waals surface area contributed by atoms with E-state index in [1.807, 2.05) is 17.0 Å². The predicted molar refractivity (Wildman–Crippen MR) is 138 cm³/mol. The summed E-state index contributed by atoms with van der Waals surface area (Å²) in [6.45, 7) is 6.66. The van der Waals surface area contributed by atoms with Gasteiger partial charge < -0.3 is 19.3 Å². The van der Waals surface area contributed by atoms with Crippen LogP contribution in [0.1, 0.15) is 44.1 Å². The number of fused-ring (bicyclic) bond motifs is 2. The van der Waals surface area contributed by atoms with Crippen molar-refractivity contribution in [1.29, 1.82) is 0 Å². The number of hydrogen-bond donors (Lipinski definition) is 0. The lowest BCUT2D eigenvalue weighted by atomic mass is 9.79. The van der Waals surface area contributed by atoms with E-state index in [4.69, 9.17) is 9.47 Å². The molecular weight excluding hydrogens is 438 g/mol. The van der Waals surface area contributed by atoms with E-state index < -0.39 is 0 Å². The Hall–Kier alpha value is -2.73. The third-order valence-electron chi connectivity index (χ3n) is 8.56. The van der Waals surface area contributed by atoms with Crippen molar-refractivity contribution >= 4 is 17.3 Å². The molecule has 6 heteroatoms. The summed E-state index contributed by atoms with van der Waals surface area (Å²) < 4.78 is 11.3. The van der Waals surface area contributed by atoms with Crippen LogP contribution < -0.4 is 19.3 Å². The van der Waals surface area contributed by atoms with Crippen molar-refractivity contribution in [2.45, 2.75) is 44.9 Å². The monoisotopic (exact) mass is 475 g/mol. The molecule has 3 aliphatic heterocycles. The van der Waals surface area contributed by atoms with E-state index in [0.29, 0.717) is 18.6 Å². The topological polar surface area (TPSA) is 45.3 Å². The van der Waals surface area contributed by atoms with Gasteiger partial charge in [0.1, 0.15) is 0 Å². The highest BCUT2D eigenvalue weighted by molar-refractivity contribution is 5.95. The molecule has 35 heavy (non-hydrogen) atoms. The summed E-state index contributed by atoms with van der Waals surface area (Å²) in [6, 6.07) is 14.6. The number of ether oxygens (including phenoxy) is 2. The summed E-state index contributed by atoms with van der Waals surface area (Å²) in [5.41, 5.74) is 3.63. The van der Waals surface area contributed by atoms with Gasteiger partial charge in [0.05, 0.1) is 5.69 Å². The van der Waals surface area contributed by atoms with Crippen LogP contribution in [0.5, 0.6) is 11.5 Å². The molecule has 1 amide bonds. The van der Waals surface area contributed by atoms with Crippen molar-refractivity contribution in [2.24, 2.45) is 11.8 Å². The second kappa shape index (κ2) is 10.1. The molecule has 1 aliphatic carbocycles. The maximum atomic E-state index is 13.0. The Morgan fingerprint density at radius 2 is 1.60 bits per heavy atom. The van der Waals surface area contributed by atoms with Gasteiger partial charge in [0.25, 0.3) is 0 Å². The third kappa shape index (κ3) is 4.86. The van der Waals surface area contributed by atoms with Crippen molar-refractivity contribution in [3.63, 3.8) is 0 Å². The highest BCUT2D eigenvalue weighted by atomic mass is 16.7. The molecule has 0 bridgehead atoms. The molecule has 0 N–H and O–H groups in total. The zero-order valence-electron chi connectivity index (χ0n) is 20.7. The minimum Gasteiger partial charge on any atom is -0.454 e. The van der Waals surface area contributed by atoms with Gasteiger partial charge in [-0.2, -0.15) is 0 Å². The molecule has 6 rings (SSSR count). The lowest BCUT2D eigenvalue weighted by Crippen LogP contribution is -2.47. The first kappa shape index (κ1) is 22.7. The summed E-state index contributed by atoms with van der Waals surface area (Å²) in [5, 5.41) is 0. The molecule has 0 spiro atoms. The number of carbonyl (C=O) groups excluding carboxylic acids is 1. The molecule has 6 nitrogen and oxygen atoms in total. The zero-order chi connectivity index (χ0) is 23.6. The van der Waals surface area contributed by atoms with Crippen molar-refractivity contribution in [1.82, 2.24) is 4.90 Å². The summed E-state index contributed by atoms with van der Waals surface area (Å²) in [7, 11) is 0. The standard InChI is InChI=1S/C29H37N3O3/c33-28(32-15-13-24-4-1-2-5-25(24)32)20-23-10-8-22(9-11-23)12-14-30-16-18-31(19-17-30)26-6-3-7-27-29(26)35-21-34-27/h1-7,22-23H,8-21H2. The van der Waals surface area contributed by atoms with Crippen molar-refractivity contribution in [2.75, 3.05) is 55.9 Å².